The van der Waals surface area contributed by atoms with E-state index in [1.807, 2.05) is 25.1 Å². The van der Waals surface area contributed by atoms with Gasteiger partial charge in [-0.1, -0.05) is 17.7 Å². The average molecular weight is 252 g/mol. The molecule has 0 saturated carbocycles. The molecule has 1 aromatic carbocycles. The Morgan fingerprint density at radius 3 is 2.65 bits per heavy atom. The molecule has 90 valence electrons. The van der Waals surface area contributed by atoms with E-state index < -0.39 is 0 Å². The number of nitrogens with two attached hydrogens (primary N) is 1. The van der Waals surface area contributed by atoms with Gasteiger partial charge >= 0.3 is 0 Å². The van der Waals surface area contributed by atoms with Gasteiger partial charge < -0.3 is 14.9 Å². The molecule has 0 saturated heterocycles. The normalized spacial score (nSPS) is 12.5. The number of ether oxygens (including phenoxy) is 1. The Balaban J connectivity index is 2.38. The van der Waals surface area contributed by atoms with Crippen LogP contribution in [0.4, 0.5) is 0 Å². The molecule has 2 N–H and O–H groups in total. The Bertz CT molecular complexity index is 522. The Kier molecular flexibility index (Phi) is 3.41. The van der Waals surface area contributed by atoms with E-state index >= 15 is 0 Å². The molecule has 0 aliphatic heterocycles. The van der Waals surface area contributed by atoms with Gasteiger partial charge in [-0.2, -0.15) is 0 Å². The van der Waals surface area contributed by atoms with Crippen LogP contribution in [-0.4, -0.2) is 7.11 Å². The summed E-state index contributed by atoms with van der Waals surface area (Å²) < 4.78 is 10.5. The van der Waals surface area contributed by atoms with Crippen LogP contribution in [0.1, 0.15) is 22.9 Å². The number of rotatable bonds is 3. The molecule has 3 nitrogen and oxygen atoms in total. The van der Waals surface area contributed by atoms with Gasteiger partial charge in [0.05, 0.1) is 19.4 Å². The summed E-state index contributed by atoms with van der Waals surface area (Å²) in [6, 6.07) is 6.96. The maximum absolute atomic E-state index is 6.17. The Morgan fingerprint density at radius 1 is 1.35 bits per heavy atom. The van der Waals surface area contributed by atoms with Crippen LogP contribution in [0.5, 0.6) is 5.75 Å². The molecule has 0 aliphatic carbocycles. The number of aryl methyl sites for hydroxylation is 1. The van der Waals surface area contributed by atoms with Crippen molar-refractivity contribution in [2.75, 3.05) is 7.11 Å². The minimum absolute atomic E-state index is 0.358. The summed E-state index contributed by atoms with van der Waals surface area (Å²) in [6.07, 6.45) is 1.63. The van der Waals surface area contributed by atoms with Gasteiger partial charge in [0, 0.05) is 5.02 Å². The van der Waals surface area contributed by atoms with Gasteiger partial charge in [-0.05, 0) is 36.2 Å². The summed E-state index contributed by atoms with van der Waals surface area (Å²) in [7, 11) is 1.60. The molecule has 1 unspecified atom stereocenters. The molecule has 2 aromatic rings. The van der Waals surface area contributed by atoms with Gasteiger partial charge in [0.25, 0.3) is 0 Å². The monoisotopic (exact) mass is 251 g/mol. The first kappa shape index (κ1) is 12.0. The van der Waals surface area contributed by atoms with Crippen LogP contribution in [0.15, 0.2) is 34.9 Å². The Morgan fingerprint density at radius 2 is 2.12 bits per heavy atom. The number of hydrogen-bond acceptors (Lipinski definition) is 3. The maximum Gasteiger partial charge on any atom is 0.127 e. The summed E-state index contributed by atoms with van der Waals surface area (Å²) in [4.78, 5) is 0. The SMILES string of the molecule is COc1ccc(C(N)c2occc2C)c(Cl)c1. The fraction of sp³-hybridized carbons (Fsp3) is 0.231. The van der Waals surface area contributed by atoms with E-state index in [2.05, 4.69) is 0 Å². The van der Waals surface area contributed by atoms with Crippen LogP contribution in [0.3, 0.4) is 0 Å². The second-order valence-electron chi connectivity index (χ2n) is 3.83. The molecule has 1 atom stereocenters. The molecular formula is C13H14ClNO2. The summed E-state index contributed by atoms with van der Waals surface area (Å²) in [5.41, 5.74) is 7.98. The molecule has 17 heavy (non-hydrogen) atoms. The molecule has 1 heterocycles. The second kappa shape index (κ2) is 4.82. The van der Waals surface area contributed by atoms with Gasteiger partial charge in [-0.15, -0.1) is 0 Å². The highest BCUT2D eigenvalue weighted by atomic mass is 35.5. The zero-order valence-electron chi connectivity index (χ0n) is 9.74. The summed E-state index contributed by atoms with van der Waals surface area (Å²) in [6.45, 7) is 1.95. The largest absolute Gasteiger partial charge is 0.497 e. The smallest absolute Gasteiger partial charge is 0.127 e. The van der Waals surface area contributed by atoms with Crippen LogP contribution < -0.4 is 10.5 Å². The lowest BCUT2D eigenvalue weighted by molar-refractivity contribution is 0.414. The van der Waals surface area contributed by atoms with Crippen LogP contribution >= 0.6 is 11.6 Å². The maximum atomic E-state index is 6.17. The molecule has 1 aromatic heterocycles. The molecular weight excluding hydrogens is 238 g/mol. The van der Waals surface area contributed by atoms with E-state index in [-0.39, 0.29) is 6.04 Å². The number of benzene rings is 1. The van der Waals surface area contributed by atoms with E-state index in [1.165, 1.54) is 0 Å². The third kappa shape index (κ3) is 2.30. The Labute approximate surface area is 105 Å². The molecule has 0 radical (unpaired) electrons. The van der Waals surface area contributed by atoms with Crippen molar-refractivity contribution in [2.45, 2.75) is 13.0 Å². The van der Waals surface area contributed by atoms with Crippen molar-refractivity contribution >= 4 is 11.6 Å². The fourth-order valence-corrected chi connectivity index (χ4v) is 2.02. The zero-order valence-corrected chi connectivity index (χ0v) is 10.5. The van der Waals surface area contributed by atoms with Crippen molar-refractivity contribution in [1.82, 2.24) is 0 Å². The number of halogens is 1. The van der Waals surface area contributed by atoms with E-state index in [0.29, 0.717) is 10.8 Å². The second-order valence-corrected chi connectivity index (χ2v) is 4.24. The predicted octanol–water partition coefficient (Wildman–Crippen LogP) is 3.30. The van der Waals surface area contributed by atoms with Crippen molar-refractivity contribution in [3.05, 3.63) is 52.4 Å². The van der Waals surface area contributed by atoms with Gasteiger partial charge in [0.15, 0.2) is 0 Å². The molecule has 0 amide bonds. The van der Waals surface area contributed by atoms with Crippen molar-refractivity contribution in [2.24, 2.45) is 5.73 Å². The van der Waals surface area contributed by atoms with Crippen molar-refractivity contribution in [3.63, 3.8) is 0 Å². The first-order chi connectivity index (χ1) is 8.13. The third-order valence-electron chi connectivity index (χ3n) is 2.73. The molecule has 0 bridgehead atoms. The van der Waals surface area contributed by atoms with Crippen molar-refractivity contribution < 1.29 is 9.15 Å². The fourth-order valence-electron chi connectivity index (χ4n) is 1.73. The highest BCUT2D eigenvalue weighted by molar-refractivity contribution is 6.31. The molecule has 2 rings (SSSR count). The van der Waals surface area contributed by atoms with Crippen LogP contribution in [0.2, 0.25) is 5.02 Å². The molecule has 0 aliphatic rings. The highest BCUT2D eigenvalue weighted by Crippen LogP contribution is 2.31. The summed E-state index contributed by atoms with van der Waals surface area (Å²) in [5, 5.41) is 0.577. The average Bonchev–Trinajstić information content (AvgIpc) is 2.74. The third-order valence-corrected chi connectivity index (χ3v) is 3.05. The standard InChI is InChI=1S/C13H14ClNO2/c1-8-5-6-17-13(8)12(15)10-4-3-9(16-2)7-11(10)14/h3-7,12H,15H2,1-2H3. The van der Waals surface area contributed by atoms with Crippen LogP contribution in [0, 0.1) is 6.92 Å². The lowest BCUT2D eigenvalue weighted by atomic mass is 10.0. The molecule has 0 spiro atoms. The van der Waals surface area contributed by atoms with E-state index in [9.17, 15) is 0 Å². The topological polar surface area (TPSA) is 48.4 Å². The van der Waals surface area contributed by atoms with Gasteiger partial charge in [0.2, 0.25) is 0 Å². The first-order valence-corrected chi connectivity index (χ1v) is 5.64. The predicted molar refractivity (Wildman–Crippen MR) is 67.5 cm³/mol. The Hall–Kier alpha value is -1.45. The van der Waals surface area contributed by atoms with E-state index in [0.717, 1.165) is 16.9 Å². The molecule has 0 fully saturated rings. The number of methoxy groups -OCH3 is 1. The van der Waals surface area contributed by atoms with E-state index in [1.54, 1.807) is 19.4 Å². The van der Waals surface area contributed by atoms with Crippen molar-refractivity contribution in [1.29, 1.82) is 0 Å². The van der Waals surface area contributed by atoms with Gasteiger partial charge in [0.1, 0.15) is 11.5 Å². The van der Waals surface area contributed by atoms with Gasteiger partial charge in [-0.25, -0.2) is 0 Å². The van der Waals surface area contributed by atoms with Gasteiger partial charge in [-0.3, -0.25) is 0 Å². The van der Waals surface area contributed by atoms with Crippen LogP contribution in [-0.2, 0) is 0 Å². The van der Waals surface area contributed by atoms with Crippen molar-refractivity contribution in [3.8, 4) is 5.75 Å². The van der Waals surface area contributed by atoms with Crippen LogP contribution in [0.25, 0.3) is 0 Å². The summed E-state index contributed by atoms with van der Waals surface area (Å²) in [5.74, 6) is 1.44. The zero-order chi connectivity index (χ0) is 12.4. The summed E-state index contributed by atoms with van der Waals surface area (Å²) >= 11 is 6.17. The highest BCUT2D eigenvalue weighted by Gasteiger charge is 2.17. The number of hydrogen-bond donors (Lipinski definition) is 1. The minimum atomic E-state index is -0.358. The first-order valence-electron chi connectivity index (χ1n) is 5.26. The lowest BCUT2D eigenvalue weighted by Gasteiger charge is -2.13. The number of furan rings is 1. The minimum Gasteiger partial charge on any atom is -0.497 e. The lowest BCUT2D eigenvalue weighted by Crippen LogP contribution is -2.12. The quantitative estimate of drug-likeness (QED) is 0.911. The molecule has 4 heteroatoms. The van der Waals surface area contributed by atoms with E-state index in [4.69, 9.17) is 26.5 Å².